The maximum atomic E-state index is 11.7. The van der Waals surface area contributed by atoms with E-state index in [9.17, 15) is 10.1 Å². The van der Waals surface area contributed by atoms with Gasteiger partial charge in [-0.2, -0.15) is 9.78 Å². The second kappa shape index (κ2) is 6.68. The normalized spacial score (nSPS) is 14.4. The Morgan fingerprint density at radius 3 is 2.52 bits per heavy atom. The number of anilines is 2. The number of rotatable bonds is 3. The number of carbonyl (C=O) groups is 1. The number of ketones is 1. The van der Waals surface area contributed by atoms with Crippen molar-refractivity contribution in [2.75, 3.05) is 36.0 Å². The quantitative estimate of drug-likeness (QED) is 0.657. The topological polar surface area (TPSA) is 90.4 Å². The third-order valence-corrected chi connectivity index (χ3v) is 4.87. The van der Waals surface area contributed by atoms with Crippen molar-refractivity contribution >= 4 is 22.9 Å². The molecule has 1 aliphatic heterocycles. The van der Waals surface area contributed by atoms with Crippen LogP contribution < -0.4 is 9.80 Å². The van der Waals surface area contributed by atoms with Gasteiger partial charge in [-0.15, -0.1) is 15.3 Å². The number of aryl methyl sites for hydroxylation is 1. The van der Waals surface area contributed by atoms with Crippen LogP contribution in [0.15, 0.2) is 30.3 Å². The van der Waals surface area contributed by atoms with E-state index in [0.29, 0.717) is 11.1 Å². The number of aromatic nitrogens is 4. The molecule has 1 aliphatic rings. The van der Waals surface area contributed by atoms with Crippen molar-refractivity contribution in [3.8, 4) is 6.07 Å². The van der Waals surface area contributed by atoms with Crippen molar-refractivity contribution in [3.63, 3.8) is 0 Å². The molecule has 1 fully saturated rings. The second-order valence-corrected chi connectivity index (χ2v) is 6.58. The first-order valence-electron chi connectivity index (χ1n) is 8.81. The minimum atomic E-state index is 0.00110. The molecule has 0 spiro atoms. The predicted octanol–water partition coefficient (Wildman–Crippen LogP) is 1.83. The summed E-state index contributed by atoms with van der Waals surface area (Å²) in [6.07, 6.45) is 0. The molecular formula is C19H19N7O. The Hall–Kier alpha value is -3.47. The summed E-state index contributed by atoms with van der Waals surface area (Å²) in [5.74, 6) is 1.63. The van der Waals surface area contributed by atoms with Crippen LogP contribution in [0.25, 0.3) is 5.65 Å². The lowest BCUT2D eigenvalue weighted by atomic mass is 10.1. The van der Waals surface area contributed by atoms with Crippen LogP contribution in [0.2, 0.25) is 0 Å². The molecule has 27 heavy (non-hydrogen) atoms. The van der Waals surface area contributed by atoms with E-state index in [4.69, 9.17) is 0 Å². The zero-order valence-corrected chi connectivity index (χ0v) is 15.3. The average Bonchev–Trinajstić information content (AvgIpc) is 3.08. The summed E-state index contributed by atoms with van der Waals surface area (Å²) in [4.78, 5) is 16.1. The molecule has 3 aromatic rings. The lowest BCUT2D eigenvalue weighted by Gasteiger charge is -2.37. The number of piperazine rings is 1. The fraction of sp³-hybridized carbons (Fsp3) is 0.316. The van der Waals surface area contributed by atoms with E-state index in [1.165, 1.54) is 6.92 Å². The maximum Gasteiger partial charge on any atom is 0.178 e. The molecular weight excluding hydrogens is 342 g/mol. The molecule has 0 aliphatic carbocycles. The zero-order valence-electron chi connectivity index (χ0n) is 15.3. The number of carbonyl (C=O) groups excluding carboxylic acids is 1. The van der Waals surface area contributed by atoms with Gasteiger partial charge in [-0.3, -0.25) is 4.79 Å². The molecule has 0 unspecified atom stereocenters. The van der Waals surface area contributed by atoms with Crippen molar-refractivity contribution in [2.45, 2.75) is 13.8 Å². The van der Waals surface area contributed by atoms with Gasteiger partial charge in [0.25, 0.3) is 0 Å². The highest BCUT2D eigenvalue weighted by Crippen LogP contribution is 2.25. The van der Waals surface area contributed by atoms with Crippen LogP contribution in [0, 0.1) is 18.3 Å². The SMILES string of the molecule is CC(=O)c1ccc(C#N)c(N2CCN(c3ccc4nnc(C)n4n3)CC2)c1. The first kappa shape index (κ1) is 17.0. The molecule has 4 rings (SSSR count). The first-order valence-corrected chi connectivity index (χ1v) is 8.81. The number of nitrogens with zero attached hydrogens (tertiary/aromatic N) is 7. The Balaban J connectivity index is 1.55. The van der Waals surface area contributed by atoms with Gasteiger partial charge in [-0.1, -0.05) is 0 Å². The van der Waals surface area contributed by atoms with Crippen molar-refractivity contribution in [1.82, 2.24) is 19.8 Å². The summed E-state index contributed by atoms with van der Waals surface area (Å²) >= 11 is 0. The van der Waals surface area contributed by atoms with Crippen LogP contribution in [-0.4, -0.2) is 51.8 Å². The van der Waals surface area contributed by atoms with E-state index in [1.807, 2.05) is 25.1 Å². The van der Waals surface area contributed by atoms with Gasteiger partial charge in [0.2, 0.25) is 0 Å². The molecule has 0 atom stereocenters. The minimum Gasteiger partial charge on any atom is -0.367 e. The Labute approximate surface area is 156 Å². The third-order valence-electron chi connectivity index (χ3n) is 4.87. The Bertz CT molecular complexity index is 1060. The Morgan fingerprint density at radius 1 is 1.07 bits per heavy atom. The molecule has 8 heteroatoms. The number of benzene rings is 1. The van der Waals surface area contributed by atoms with Gasteiger partial charge in [0.15, 0.2) is 17.3 Å². The van der Waals surface area contributed by atoms with E-state index in [-0.39, 0.29) is 5.78 Å². The van der Waals surface area contributed by atoms with Crippen molar-refractivity contribution in [2.24, 2.45) is 0 Å². The average molecular weight is 361 g/mol. The van der Waals surface area contributed by atoms with Gasteiger partial charge in [-0.05, 0) is 44.2 Å². The summed E-state index contributed by atoms with van der Waals surface area (Å²) in [5, 5.41) is 22.2. The summed E-state index contributed by atoms with van der Waals surface area (Å²) in [5.41, 5.74) is 2.77. The van der Waals surface area contributed by atoms with E-state index in [2.05, 4.69) is 31.2 Å². The van der Waals surface area contributed by atoms with Crippen molar-refractivity contribution in [1.29, 1.82) is 5.26 Å². The molecule has 1 saturated heterocycles. The molecule has 0 bridgehead atoms. The van der Waals surface area contributed by atoms with E-state index < -0.39 is 0 Å². The van der Waals surface area contributed by atoms with Gasteiger partial charge < -0.3 is 9.80 Å². The number of nitriles is 1. The van der Waals surface area contributed by atoms with Gasteiger partial charge >= 0.3 is 0 Å². The lowest BCUT2D eigenvalue weighted by Crippen LogP contribution is -2.47. The molecule has 0 radical (unpaired) electrons. The van der Waals surface area contributed by atoms with E-state index in [1.54, 1.807) is 16.6 Å². The largest absolute Gasteiger partial charge is 0.367 e. The van der Waals surface area contributed by atoms with E-state index in [0.717, 1.165) is 49.2 Å². The highest BCUT2D eigenvalue weighted by atomic mass is 16.1. The Kier molecular flexibility index (Phi) is 4.20. The van der Waals surface area contributed by atoms with Crippen LogP contribution in [0.5, 0.6) is 0 Å². The van der Waals surface area contributed by atoms with Crippen LogP contribution in [0.1, 0.15) is 28.7 Å². The maximum absolute atomic E-state index is 11.7. The Morgan fingerprint density at radius 2 is 1.81 bits per heavy atom. The monoisotopic (exact) mass is 361 g/mol. The molecule has 0 amide bonds. The summed E-state index contributed by atoms with van der Waals surface area (Å²) in [6.45, 7) is 6.45. The second-order valence-electron chi connectivity index (χ2n) is 6.58. The van der Waals surface area contributed by atoms with Crippen molar-refractivity contribution in [3.05, 3.63) is 47.3 Å². The van der Waals surface area contributed by atoms with Gasteiger partial charge in [-0.25, -0.2) is 0 Å². The highest BCUT2D eigenvalue weighted by molar-refractivity contribution is 5.95. The first-order chi connectivity index (χ1) is 13.1. The zero-order chi connectivity index (χ0) is 19.0. The summed E-state index contributed by atoms with van der Waals surface area (Å²) in [7, 11) is 0. The number of fused-ring (bicyclic) bond motifs is 1. The third kappa shape index (κ3) is 3.08. The molecule has 3 heterocycles. The predicted molar refractivity (Wildman–Crippen MR) is 101 cm³/mol. The van der Waals surface area contributed by atoms with E-state index >= 15 is 0 Å². The van der Waals surface area contributed by atoms with Gasteiger partial charge in [0.05, 0.1) is 11.3 Å². The number of hydrogen-bond acceptors (Lipinski definition) is 7. The van der Waals surface area contributed by atoms with Crippen LogP contribution >= 0.6 is 0 Å². The number of Topliss-reactive ketones (excluding diaryl/α,β-unsaturated/α-hetero) is 1. The van der Waals surface area contributed by atoms with Crippen molar-refractivity contribution < 1.29 is 4.79 Å². The van der Waals surface area contributed by atoms with Crippen LogP contribution in [0.3, 0.4) is 0 Å². The summed E-state index contributed by atoms with van der Waals surface area (Å²) in [6, 6.07) is 11.4. The number of hydrogen-bond donors (Lipinski definition) is 0. The fourth-order valence-electron chi connectivity index (χ4n) is 3.34. The van der Waals surface area contributed by atoms with Gasteiger partial charge in [0.1, 0.15) is 11.9 Å². The van der Waals surface area contributed by atoms with Gasteiger partial charge in [0, 0.05) is 31.7 Å². The van der Waals surface area contributed by atoms with Crippen LogP contribution in [0.4, 0.5) is 11.5 Å². The minimum absolute atomic E-state index is 0.00110. The molecule has 8 nitrogen and oxygen atoms in total. The standard InChI is InChI=1S/C19H19N7O/c1-13(27)15-3-4-16(12-20)17(11-15)24-7-9-25(10-8-24)19-6-5-18-22-21-14(2)26(18)23-19/h3-6,11H,7-10H2,1-2H3. The summed E-state index contributed by atoms with van der Waals surface area (Å²) < 4.78 is 1.74. The lowest BCUT2D eigenvalue weighted by molar-refractivity contribution is 0.101. The molecule has 2 aromatic heterocycles. The van der Waals surface area contributed by atoms with Crippen LogP contribution in [-0.2, 0) is 0 Å². The molecule has 0 N–H and O–H groups in total. The molecule has 1 aromatic carbocycles. The molecule has 0 saturated carbocycles. The molecule has 136 valence electrons. The fourth-order valence-corrected chi connectivity index (χ4v) is 3.34. The smallest absolute Gasteiger partial charge is 0.178 e. The highest BCUT2D eigenvalue weighted by Gasteiger charge is 2.21.